The summed E-state index contributed by atoms with van der Waals surface area (Å²) in [5, 5.41) is 23.2. The minimum Gasteiger partial charge on any atom is -0.377 e. The van der Waals surface area contributed by atoms with Crippen molar-refractivity contribution >= 4 is 22.4 Å². The number of aromatic nitrogens is 2. The van der Waals surface area contributed by atoms with Gasteiger partial charge in [0.05, 0.1) is 27.2 Å². The Balaban J connectivity index is 1.90. The Hall–Kier alpha value is -3.60. The van der Waals surface area contributed by atoms with E-state index >= 15 is 0 Å². The smallest absolute Gasteiger partial charge is 0.323 e. The lowest BCUT2D eigenvalue weighted by molar-refractivity contribution is -0.384. The molecule has 0 aliphatic heterocycles. The van der Waals surface area contributed by atoms with Crippen molar-refractivity contribution in [1.82, 2.24) is 9.97 Å². The van der Waals surface area contributed by atoms with E-state index in [1.807, 2.05) is 25.1 Å². The fourth-order valence-corrected chi connectivity index (χ4v) is 2.50. The highest BCUT2D eigenvalue weighted by Gasteiger charge is 2.13. The molecule has 0 amide bonds. The number of nitrogens with zero attached hydrogens (tertiary/aromatic N) is 2. The highest BCUT2D eigenvalue weighted by atomic mass is 16.6. The zero-order chi connectivity index (χ0) is 17.3. The van der Waals surface area contributed by atoms with Gasteiger partial charge in [-0.25, -0.2) is 4.79 Å². The minimum absolute atomic E-state index is 0.129. The van der Waals surface area contributed by atoms with Crippen LogP contribution < -0.4 is 11.0 Å². The van der Waals surface area contributed by atoms with E-state index in [2.05, 4.69) is 15.3 Å². The highest BCUT2D eigenvalue weighted by Crippen LogP contribution is 2.26. The first kappa shape index (κ1) is 15.3. The predicted octanol–water partition coefficient (Wildman–Crippen LogP) is 2.81. The molecule has 0 spiro atoms. The number of hydrogen-bond acceptors (Lipinski definition) is 5. The van der Waals surface area contributed by atoms with Crippen LogP contribution in [0.2, 0.25) is 0 Å². The number of nitro groups is 1. The van der Waals surface area contributed by atoms with Crippen molar-refractivity contribution in [2.45, 2.75) is 13.0 Å². The largest absolute Gasteiger partial charge is 0.377 e. The third-order valence-electron chi connectivity index (χ3n) is 3.75. The van der Waals surface area contributed by atoms with Crippen molar-refractivity contribution in [3.63, 3.8) is 0 Å². The van der Waals surface area contributed by atoms with E-state index in [4.69, 9.17) is 0 Å². The summed E-state index contributed by atoms with van der Waals surface area (Å²) in [4.78, 5) is 26.9. The van der Waals surface area contributed by atoms with Gasteiger partial charge in [-0.3, -0.25) is 10.1 Å². The number of aromatic amines is 2. The molecule has 0 aliphatic carbocycles. The molecule has 0 bridgehead atoms. The van der Waals surface area contributed by atoms with Crippen molar-refractivity contribution in [2.24, 2.45) is 0 Å². The van der Waals surface area contributed by atoms with Gasteiger partial charge in [-0.2, -0.15) is 5.26 Å². The Kier molecular flexibility index (Phi) is 3.75. The molecule has 1 atom stereocenters. The number of non-ortho nitro benzene ring substituents is 1. The van der Waals surface area contributed by atoms with E-state index in [1.165, 1.54) is 18.2 Å². The molecule has 0 unspecified atom stereocenters. The van der Waals surface area contributed by atoms with Gasteiger partial charge in [0.15, 0.2) is 0 Å². The second-order valence-electron chi connectivity index (χ2n) is 5.35. The summed E-state index contributed by atoms with van der Waals surface area (Å²) in [5.41, 5.74) is 2.62. The van der Waals surface area contributed by atoms with Crippen molar-refractivity contribution in [3.8, 4) is 6.07 Å². The van der Waals surface area contributed by atoms with Gasteiger partial charge in [0.2, 0.25) is 0 Å². The van der Waals surface area contributed by atoms with E-state index in [9.17, 15) is 20.2 Å². The Morgan fingerprint density at radius 2 is 1.96 bits per heavy atom. The van der Waals surface area contributed by atoms with E-state index in [0.29, 0.717) is 16.7 Å². The van der Waals surface area contributed by atoms with Crippen LogP contribution in [-0.4, -0.2) is 14.9 Å². The lowest BCUT2D eigenvalue weighted by Crippen LogP contribution is -2.08. The predicted molar refractivity (Wildman–Crippen MR) is 88.8 cm³/mol. The molecule has 8 nitrogen and oxygen atoms in total. The van der Waals surface area contributed by atoms with Crippen molar-refractivity contribution in [2.75, 3.05) is 5.32 Å². The molecule has 8 heteroatoms. The molecule has 2 aromatic carbocycles. The summed E-state index contributed by atoms with van der Waals surface area (Å²) in [6.07, 6.45) is 0. The second-order valence-corrected chi connectivity index (χ2v) is 5.35. The monoisotopic (exact) mass is 323 g/mol. The minimum atomic E-state index is -0.537. The fourth-order valence-electron chi connectivity index (χ4n) is 2.50. The highest BCUT2D eigenvalue weighted by molar-refractivity contribution is 5.75. The van der Waals surface area contributed by atoms with Crippen molar-refractivity contribution < 1.29 is 4.92 Å². The topological polar surface area (TPSA) is 128 Å². The number of fused-ring (bicyclic) bond motifs is 1. The van der Waals surface area contributed by atoms with E-state index < -0.39 is 4.92 Å². The lowest BCUT2D eigenvalue weighted by Gasteiger charge is -2.16. The van der Waals surface area contributed by atoms with Gasteiger partial charge in [-0.15, -0.1) is 0 Å². The number of benzene rings is 2. The standard InChI is InChI=1S/C16H13N5O3/c1-9(10-2-4-14-15(7-10)20-16(22)19-14)18-13-5-3-12(21(23)24)6-11(13)8-17/h2-7,9,18H,1H3,(H2,19,20,22)/t9-/m0/s1. The van der Waals surface area contributed by atoms with Gasteiger partial charge >= 0.3 is 5.69 Å². The Morgan fingerprint density at radius 3 is 2.67 bits per heavy atom. The van der Waals surface area contributed by atoms with Crippen LogP contribution in [0.3, 0.4) is 0 Å². The van der Waals surface area contributed by atoms with Gasteiger partial charge in [0.1, 0.15) is 6.07 Å². The molecular weight excluding hydrogens is 310 g/mol. The molecule has 0 radical (unpaired) electrons. The van der Waals surface area contributed by atoms with Gasteiger partial charge < -0.3 is 15.3 Å². The molecule has 24 heavy (non-hydrogen) atoms. The SMILES string of the molecule is C[C@H](Nc1ccc([N+](=O)[O-])cc1C#N)c1ccc2[nH]c(=O)[nH]c2c1. The van der Waals surface area contributed by atoms with Crippen LogP contribution >= 0.6 is 0 Å². The average Bonchev–Trinajstić information content (AvgIpc) is 2.93. The Labute approximate surface area is 135 Å². The summed E-state index contributed by atoms with van der Waals surface area (Å²) in [7, 11) is 0. The maximum atomic E-state index is 11.3. The molecule has 3 aromatic rings. The molecule has 0 saturated heterocycles. The number of anilines is 1. The summed E-state index contributed by atoms with van der Waals surface area (Å²) < 4.78 is 0. The van der Waals surface area contributed by atoms with Gasteiger partial charge in [-0.05, 0) is 30.7 Å². The third kappa shape index (κ3) is 2.83. The molecular formula is C16H13N5O3. The van der Waals surface area contributed by atoms with Crippen LogP contribution in [0.1, 0.15) is 24.1 Å². The molecule has 3 N–H and O–H groups in total. The van der Waals surface area contributed by atoms with Crippen LogP contribution in [0.25, 0.3) is 11.0 Å². The van der Waals surface area contributed by atoms with E-state index in [0.717, 1.165) is 5.56 Å². The van der Waals surface area contributed by atoms with Crippen molar-refractivity contribution in [3.05, 3.63) is 68.1 Å². The van der Waals surface area contributed by atoms with E-state index in [1.54, 1.807) is 6.07 Å². The molecule has 0 saturated carbocycles. The third-order valence-corrected chi connectivity index (χ3v) is 3.75. The van der Waals surface area contributed by atoms with Gasteiger partial charge in [-0.1, -0.05) is 6.07 Å². The first-order valence-electron chi connectivity index (χ1n) is 7.15. The number of nitriles is 1. The average molecular weight is 323 g/mol. The molecule has 1 heterocycles. The maximum absolute atomic E-state index is 11.3. The van der Waals surface area contributed by atoms with Crippen LogP contribution in [0.4, 0.5) is 11.4 Å². The number of hydrogen-bond donors (Lipinski definition) is 3. The van der Waals surface area contributed by atoms with Gasteiger partial charge in [0.25, 0.3) is 5.69 Å². The zero-order valence-corrected chi connectivity index (χ0v) is 12.7. The number of rotatable bonds is 4. The van der Waals surface area contributed by atoms with Gasteiger partial charge in [0, 0.05) is 18.2 Å². The second kappa shape index (κ2) is 5.89. The van der Waals surface area contributed by atoms with Crippen LogP contribution in [0.15, 0.2) is 41.2 Å². The number of imidazole rings is 1. The fraction of sp³-hybridized carbons (Fsp3) is 0.125. The molecule has 3 rings (SSSR count). The summed E-state index contributed by atoms with van der Waals surface area (Å²) in [5.74, 6) is 0. The summed E-state index contributed by atoms with van der Waals surface area (Å²) in [6, 6.07) is 11.4. The quantitative estimate of drug-likeness (QED) is 0.502. The molecule has 0 fully saturated rings. The van der Waals surface area contributed by atoms with Crippen LogP contribution in [0.5, 0.6) is 0 Å². The summed E-state index contributed by atoms with van der Waals surface area (Å²) >= 11 is 0. The number of nitro benzene ring substituents is 1. The lowest BCUT2D eigenvalue weighted by atomic mass is 10.1. The number of H-pyrrole nitrogens is 2. The zero-order valence-electron chi connectivity index (χ0n) is 12.7. The molecule has 0 aliphatic rings. The van der Waals surface area contributed by atoms with E-state index in [-0.39, 0.29) is 23.0 Å². The first-order valence-corrected chi connectivity index (χ1v) is 7.15. The van der Waals surface area contributed by atoms with Crippen molar-refractivity contribution in [1.29, 1.82) is 5.26 Å². The molecule has 120 valence electrons. The van der Waals surface area contributed by atoms with Crippen LogP contribution in [-0.2, 0) is 0 Å². The summed E-state index contributed by atoms with van der Waals surface area (Å²) in [6.45, 7) is 1.90. The Morgan fingerprint density at radius 1 is 1.21 bits per heavy atom. The molecule has 1 aromatic heterocycles. The first-order chi connectivity index (χ1) is 11.5. The maximum Gasteiger partial charge on any atom is 0.323 e. The number of nitrogens with one attached hydrogen (secondary N) is 3. The Bertz CT molecular complexity index is 1030. The normalized spacial score (nSPS) is 11.8. The van der Waals surface area contributed by atoms with Crippen LogP contribution in [0, 0.1) is 21.4 Å².